The summed E-state index contributed by atoms with van der Waals surface area (Å²) in [5.74, 6) is 0. The molecule has 0 fully saturated rings. The van der Waals surface area contributed by atoms with Crippen LogP contribution >= 0.6 is 20.6 Å². The molecule has 0 radical (unpaired) electrons. The smallest absolute Gasteiger partial charge is 0.0348 e. The maximum atomic E-state index is 2.82. The Morgan fingerprint density at radius 2 is 1.33 bits per heavy atom. The molecule has 0 aliphatic carbocycles. The lowest BCUT2D eigenvalue weighted by molar-refractivity contribution is 1.64. The van der Waals surface area contributed by atoms with Gasteiger partial charge in [0.1, 0.15) is 0 Å². The number of thiophene rings is 1. The molecule has 1 atom stereocenters. The molecule has 3 aromatic rings. The summed E-state index contributed by atoms with van der Waals surface area (Å²) in [7, 11) is 2.82. The fraction of sp³-hybridized carbons (Fsp3) is 0. The van der Waals surface area contributed by atoms with Gasteiger partial charge in [-0.2, -0.15) is 0 Å². The molecule has 88 valence electrons. The Labute approximate surface area is 114 Å². The lowest BCUT2D eigenvalue weighted by Gasteiger charge is -2.10. The predicted octanol–water partition coefficient (Wildman–Crippen LogP) is 4.58. The summed E-state index contributed by atoms with van der Waals surface area (Å²) in [4.78, 5) is 1.32. The van der Waals surface area contributed by atoms with Gasteiger partial charge in [0.25, 0.3) is 0 Å². The van der Waals surface area contributed by atoms with Crippen molar-refractivity contribution in [2.45, 2.75) is 0 Å². The standard InChI is InChI=1S/C16H13PS/c17-15-9-4-3-7-13(15)12-6-1-2-8-14(12)16-10-5-11-18-16/h1-11H,17H2. The molecule has 2 heteroatoms. The van der Waals surface area contributed by atoms with Gasteiger partial charge in [-0.25, -0.2) is 0 Å². The quantitative estimate of drug-likeness (QED) is 0.597. The summed E-state index contributed by atoms with van der Waals surface area (Å²) in [6.07, 6.45) is 0. The van der Waals surface area contributed by atoms with Gasteiger partial charge in [-0.3, -0.25) is 0 Å². The summed E-state index contributed by atoms with van der Waals surface area (Å²) in [6.45, 7) is 0. The Morgan fingerprint density at radius 1 is 0.667 bits per heavy atom. The van der Waals surface area contributed by atoms with Crippen LogP contribution in [0.5, 0.6) is 0 Å². The molecule has 3 rings (SSSR count). The summed E-state index contributed by atoms with van der Waals surface area (Å²) >= 11 is 1.78. The van der Waals surface area contributed by atoms with E-state index in [2.05, 4.69) is 75.3 Å². The van der Waals surface area contributed by atoms with E-state index in [4.69, 9.17) is 0 Å². The maximum Gasteiger partial charge on any atom is 0.0348 e. The van der Waals surface area contributed by atoms with Crippen LogP contribution in [0.2, 0.25) is 0 Å². The van der Waals surface area contributed by atoms with Crippen molar-refractivity contribution in [2.24, 2.45) is 0 Å². The zero-order chi connectivity index (χ0) is 12.4. The lowest BCUT2D eigenvalue weighted by Crippen LogP contribution is -1.96. The Balaban J connectivity index is 2.22. The van der Waals surface area contributed by atoms with Crippen molar-refractivity contribution in [3.8, 4) is 21.6 Å². The SMILES string of the molecule is Pc1ccccc1-c1ccccc1-c1cccs1. The van der Waals surface area contributed by atoms with E-state index in [1.54, 1.807) is 11.3 Å². The molecule has 1 unspecified atom stereocenters. The number of hydrogen-bond donors (Lipinski definition) is 0. The average Bonchev–Trinajstić information content (AvgIpc) is 2.93. The van der Waals surface area contributed by atoms with Gasteiger partial charge in [0.15, 0.2) is 0 Å². The zero-order valence-electron chi connectivity index (χ0n) is 9.84. The van der Waals surface area contributed by atoms with Gasteiger partial charge < -0.3 is 0 Å². The van der Waals surface area contributed by atoms with E-state index in [1.807, 2.05) is 0 Å². The van der Waals surface area contributed by atoms with Gasteiger partial charge in [-0.15, -0.1) is 20.6 Å². The molecule has 0 bridgehead atoms. The van der Waals surface area contributed by atoms with Gasteiger partial charge in [-0.1, -0.05) is 54.6 Å². The summed E-state index contributed by atoms with van der Waals surface area (Å²) < 4.78 is 0. The third-order valence-electron chi connectivity index (χ3n) is 2.96. The zero-order valence-corrected chi connectivity index (χ0v) is 11.8. The van der Waals surface area contributed by atoms with Crippen LogP contribution < -0.4 is 5.30 Å². The summed E-state index contributed by atoms with van der Waals surface area (Å²) in [5.41, 5.74) is 3.89. The first kappa shape index (κ1) is 11.6. The van der Waals surface area contributed by atoms with Crippen LogP contribution in [-0.4, -0.2) is 0 Å². The normalized spacial score (nSPS) is 10.5. The highest BCUT2D eigenvalue weighted by Crippen LogP contribution is 2.34. The molecular weight excluding hydrogens is 255 g/mol. The number of hydrogen-bond acceptors (Lipinski definition) is 1. The largest absolute Gasteiger partial charge is 0.144 e. The molecule has 0 nitrogen and oxygen atoms in total. The number of rotatable bonds is 2. The monoisotopic (exact) mass is 268 g/mol. The van der Waals surface area contributed by atoms with Crippen molar-refractivity contribution in [1.29, 1.82) is 0 Å². The van der Waals surface area contributed by atoms with Crippen molar-refractivity contribution in [3.05, 3.63) is 66.0 Å². The van der Waals surface area contributed by atoms with E-state index < -0.39 is 0 Å². The molecule has 0 saturated carbocycles. The van der Waals surface area contributed by atoms with Crippen LogP contribution in [0, 0.1) is 0 Å². The minimum absolute atomic E-state index is 1.24. The van der Waals surface area contributed by atoms with Gasteiger partial charge in [0, 0.05) is 4.88 Å². The fourth-order valence-electron chi connectivity index (χ4n) is 2.11. The Hall–Kier alpha value is -1.43. The van der Waals surface area contributed by atoms with E-state index in [0.717, 1.165) is 0 Å². The van der Waals surface area contributed by atoms with Gasteiger partial charge in [-0.05, 0) is 33.4 Å². The minimum atomic E-state index is 1.24. The van der Waals surface area contributed by atoms with E-state index in [1.165, 1.54) is 26.9 Å². The molecule has 18 heavy (non-hydrogen) atoms. The van der Waals surface area contributed by atoms with Crippen molar-refractivity contribution in [1.82, 2.24) is 0 Å². The molecule has 0 saturated heterocycles. The Kier molecular flexibility index (Phi) is 3.27. The predicted molar refractivity (Wildman–Crippen MR) is 84.5 cm³/mol. The van der Waals surface area contributed by atoms with Crippen molar-refractivity contribution in [3.63, 3.8) is 0 Å². The van der Waals surface area contributed by atoms with Gasteiger partial charge in [0.05, 0.1) is 0 Å². The van der Waals surface area contributed by atoms with E-state index >= 15 is 0 Å². The highest BCUT2D eigenvalue weighted by molar-refractivity contribution is 7.28. The van der Waals surface area contributed by atoms with E-state index in [0.29, 0.717) is 0 Å². The molecule has 1 heterocycles. The highest BCUT2D eigenvalue weighted by Gasteiger charge is 2.08. The van der Waals surface area contributed by atoms with Crippen LogP contribution in [0.1, 0.15) is 0 Å². The van der Waals surface area contributed by atoms with Crippen molar-refractivity contribution in [2.75, 3.05) is 0 Å². The molecular formula is C16H13PS. The first-order valence-corrected chi connectivity index (χ1v) is 7.30. The third-order valence-corrected chi connectivity index (χ3v) is 4.37. The highest BCUT2D eigenvalue weighted by atomic mass is 32.1. The minimum Gasteiger partial charge on any atom is -0.144 e. The maximum absolute atomic E-state index is 2.82. The first-order chi connectivity index (χ1) is 8.86. The molecule has 0 spiro atoms. The van der Waals surface area contributed by atoms with Crippen LogP contribution in [0.15, 0.2) is 66.0 Å². The molecule has 0 N–H and O–H groups in total. The van der Waals surface area contributed by atoms with Crippen LogP contribution in [0.4, 0.5) is 0 Å². The van der Waals surface area contributed by atoms with Crippen molar-refractivity contribution < 1.29 is 0 Å². The molecule has 1 aromatic heterocycles. The topological polar surface area (TPSA) is 0 Å². The molecule has 0 amide bonds. The van der Waals surface area contributed by atoms with Crippen LogP contribution in [-0.2, 0) is 0 Å². The van der Waals surface area contributed by atoms with Crippen LogP contribution in [0.25, 0.3) is 21.6 Å². The average molecular weight is 268 g/mol. The van der Waals surface area contributed by atoms with E-state index in [-0.39, 0.29) is 0 Å². The lowest BCUT2D eigenvalue weighted by atomic mass is 9.99. The second kappa shape index (κ2) is 5.06. The fourth-order valence-corrected chi connectivity index (χ4v) is 3.24. The molecule has 0 aliphatic rings. The van der Waals surface area contributed by atoms with Gasteiger partial charge >= 0.3 is 0 Å². The second-order valence-corrected chi connectivity index (χ2v) is 5.68. The summed E-state index contributed by atoms with van der Waals surface area (Å²) in [5, 5.41) is 3.36. The van der Waals surface area contributed by atoms with Crippen LogP contribution in [0.3, 0.4) is 0 Å². The number of benzene rings is 2. The first-order valence-electron chi connectivity index (χ1n) is 5.84. The van der Waals surface area contributed by atoms with Gasteiger partial charge in [0.2, 0.25) is 0 Å². The van der Waals surface area contributed by atoms with Crippen molar-refractivity contribution >= 4 is 25.9 Å². The third kappa shape index (κ3) is 2.12. The summed E-state index contributed by atoms with van der Waals surface area (Å²) in [6, 6.07) is 21.3. The molecule has 2 aromatic carbocycles. The second-order valence-electron chi connectivity index (χ2n) is 4.11. The Morgan fingerprint density at radius 3 is 2.00 bits per heavy atom. The van der Waals surface area contributed by atoms with E-state index in [9.17, 15) is 0 Å². The molecule has 0 aliphatic heterocycles. The Bertz CT molecular complexity index is 656.